The average molecular weight is 208 g/mol. The van der Waals surface area contributed by atoms with Crippen LogP contribution in [0.4, 0.5) is 0 Å². The number of aliphatic hydroxyl groups excluding tert-OH is 1. The summed E-state index contributed by atoms with van der Waals surface area (Å²) in [5.74, 6) is 0.663. The molecule has 0 amide bonds. The average Bonchev–Trinajstić information content (AvgIpc) is 2.99. The zero-order valence-corrected chi connectivity index (χ0v) is 8.86. The first kappa shape index (κ1) is 10.3. The third-order valence-electron chi connectivity index (χ3n) is 3.11. The van der Waals surface area contributed by atoms with Gasteiger partial charge in [-0.15, -0.1) is 0 Å². The first-order chi connectivity index (χ1) is 7.19. The lowest BCUT2D eigenvalue weighted by Gasteiger charge is -2.12. The Hall–Kier alpha value is -1.22. The summed E-state index contributed by atoms with van der Waals surface area (Å²) in [6, 6.07) is 5.42. The molecule has 0 unspecified atom stereocenters. The first-order valence-electron chi connectivity index (χ1n) is 5.16. The molecule has 0 spiro atoms. The van der Waals surface area contributed by atoms with Gasteiger partial charge in [-0.2, -0.15) is 0 Å². The zero-order valence-electron chi connectivity index (χ0n) is 8.86. The van der Waals surface area contributed by atoms with Crippen LogP contribution in [0.1, 0.15) is 18.4 Å². The van der Waals surface area contributed by atoms with E-state index in [0.29, 0.717) is 5.75 Å². The molecule has 1 aromatic rings. The molecule has 2 rings (SSSR count). The highest BCUT2D eigenvalue weighted by Crippen LogP contribution is 2.48. The first-order valence-corrected chi connectivity index (χ1v) is 5.16. The van der Waals surface area contributed by atoms with Gasteiger partial charge in [0.2, 0.25) is 0 Å². The number of phenolic OH excluding ortho intramolecular Hbond substituents is 1. The summed E-state index contributed by atoms with van der Waals surface area (Å²) in [5.41, 5.74) is 1.14. The van der Waals surface area contributed by atoms with Gasteiger partial charge in [0, 0.05) is 6.61 Å². The molecule has 0 aliphatic heterocycles. The lowest BCUT2D eigenvalue weighted by molar-refractivity contribution is 0.211. The minimum Gasteiger partial charge on any atom is -0.504 e. The summed E-state index contributed by atoms with van der Waals surface area (Å²) in [6.07, 6.45) is 2.99. The monoisotopic (exact) mass is 208 g/mol. The number of ether oxygens (including phenoxy) is 1. The molecule has 15 heavy (non-hydrogen) atoms. The fourth-order valence-corrected chi connectivity index (χ4v) is 1.85. The Balaban J connectivity index is 2.13. The molecule has 0 radical (unpaired) electrons. The summed E-state index contributed by atoms with van der Waals surface area (Å²) in [7, 11) is 1.53. The molecule has 0 heterocycles. The van der Waals surface area contributed by atoms with Crippen molar-refractivity contribution in [1.82, 2.24) is 0 Å². The molecule has 1 saturated carbocycles. The summed E-state index contributed by atoms with van der Waals surface area (Å²) in [6.45, 7) is 0.236. The van der Waals surface area contributed by atoms with E-state index in [2.05, 4.69) is 0 Å². The Bertz CT molecular complexity index is 356. The largest absolute Gasteiger partial charge is 0.504 e. The maximum absolute atomic E-state index is 9.59. The van der Waals surface area contributed by atoms with E-state index in [1.807, 2.05) is 6.07 Å². The van der Waals surface area contributed by atoms with Crippen LogP contribution in [-0.4, -0.2) is 23.9 Å². The number of aromatic hydroxyl groups is 1. The highest BCUT2D eigenvalue weighted by Gasteiger charge is 2.41. The van der Waals surface area contributed by atoms with Crippen molar-refractivity contribution in [2.45, 2.75) is 19.3 Å². The van der Waals surface area contributed by atoms with Gasteiger partial charge in [0.15, 0.2) is 11.5 Å². The summed E-state index contributed by atoms with van der Waals surface area (Å²) >= 11 is 0. The molecule has 0 aromatic heterocycles. The molecule has 82 valence electrons. The molecule has 1 aliphatic rings. The van der Waals surface area contributed by atoms with Crippen molar-refractivity contribution in [3.05, 3.63) is 23.8 Å². The Morgan fingerprint density at radius 3 is 2.60 bits per heavy atom. The second kappa shape index (κ2) is 3.74. The van der Waals surface area contributed by atoms with Crippen molar-refractivity contribution in [3.8, 4) is 11.5 Å². The standard InChI is InChI=1S/C12H16O3/c1-15-11-3-2-9(6-10(11)14)7-12(8-13)4-5-12/h2-3,6,13-14H,4-5,7-8H2,1H3. The summed E-state index contributed by atoms with van der Waals surface area (Å²) in [5, 5.41) is 18.8. The van der Waals surface area contributed by atoms with Gasteiger partial charge in [-0.05, 0) is 42.4 Å². The van der Waals surface area contributed by atoms with Crippen LogP contribution in [-0.2, 0) is 6.42 Å². The van der Waals surface area contributed by atoms with Crippen molar-refractivity contribution < 1.29 is 14.9 Å². The lowest BCUT2D eigenvalue weighted by Crippen LogP contribution is -2.09. The molecule has 3 heteroatoms. The van der Waals surface area contributed by atoms with Crippen molar-refractivity contribution in [2.75, 3.05) is 13.7 Å². The lowest BCUT2D eigenvalue weighted by atomic mass is 9.97. The van der Waals surface area contributed by atoms with Crippen LogP contribution in [0.2, 0.25) is 0 Å². The predicted molar refractivity (Wildman–Crippen MR) is 57.1 cm³/mol. The predicted octanol–water partition coefficient (Wildman–Crippen LogP) is 1.72. The van der Waals surface area contributed by atoms with E-state index in [9.17, 15) is 10.2 Å². The van der Waals surface area contributed by atoms with E-state index < -0.39 is 0 Å². The molecule has 0 saturated heterocycles. The van der Waals surface area contributed by atoms with Crippen LogP contribution in [0, 0.1) is 5.41 Å². The Morgan fingerprint density at radius 1 is 1.40 bits per heavy atom. The SMILES string of the molecule is COc1ccc(CC2(CO)CC2)cc1O. The van der Waals surface area contributed by atoms with Gasteiger partial charge in [0.05, 0.1) is 7.11 Å². The van der Waals surface area contributed by atoms with Crippen LogP contribution in [0.3, 0.4) is 0 Å². The van der Waals surface area contributed by atoms with Crippen LogP contribution in [0.5, 0.6) is 11.5 Å². The van der Waals surface area contributed by atoms with E-state index in [-0.39, 0.29) is 17.8 Å². The molecular formula is C12H16O3. The minimum atomic E-state index is 0.0844. The van der Waals surface area contributed by atoms with Gasteiger partial charge in [-0.1, -0.05) is 6.07 Å². The number of rotatable bonds is 4. The quantitative estimate of drug-likeness (QED) is 0.792. The Labute approximate surface area is 89.3 Å². The smallest absolute Gasteiger partial charge is 0.160 e. The second-order valence-corrected chi connectivity index (χ2v) is 4.34. The zero-order chi connectivity index (χ0) is 10.9. The normalized spacial score (nSPS) is 17.5. The van der Waals surface area contributed by atoms with E-state index in [1.54, 1.807) is 12.1 Å². The molecule has 1 aliphatic carbocycles. The Kier molecular flexibility index (Phi) is 2.57. The van der Waals surface area contributed by atoms with Crippen LogP contribution in [0.15, 0.2) is 18.2 Å². The van der Waals surface area contributed by atoms with Gasteiger partial charge in [0.25, 0.3) is 0 Å². The van der Waals surface area contributed by atoms with Crippen LogP contribution < -0.4 is 4.74 Å². The van der Waals surface area contributed by atoms with Gasteiger partial charge >= 0.3 is 0 Å². The fraction of sp³-hybridized carbons (Fsp3) is 0.500. The van der Waals surface area contributed by atoms with Gasteiger partial charge in [-0.3, -0.25) is 0 Å². The van der Waals surface area contributed by atoms with Crippen LogP contribution in [0.25, 0.3) is 0 Å². The second-order valence-electron chi connectivity index (χ2n) is 4.34. The minimum absolute atomic E-state index is 0.0844. The van der Waals surface area contributed by atoms with Crippen LogP contribution >= 0.6 is 0 Å². The number of hydrogen-bond acceptors (Lipinski definition) is 3. The third kappa shape index (κ3) is 2.07. The fourth-order valence-electron chi connectivity index (χ4n) is 1.85. The van der Waals surface area contributed by atoms with E-state index in [0.717, 1.165) is 24.8 Å². The molecule has 1 fully saturated rings. The molecular weight excluding hydrogens is 192 g/mol. The van der Waals surface area contributed by atoms with E-state index in [4.69, 9.17) is 4.74 Å². The maximum Gasteiger partial charge on any atom is 0.160 e. The van der Waals surface area contributed by atoms with Crippen molar-refractivity contribution in [3.63, 3.8) is 0 Å². The van der Waals surface area contributed by atoms with Gasteiger partial charge < -0.3 is 14.9 Å². The molecule has 0 atom stereocenters. The van der Waals surface area contributed by atoms with Gasteiger partial charge in [0.1, 0.15) is 0 Å². The molecule has 1 aromatic carbocycles. The number of hydrogen-bond donors (Lipinski definition) is 2. The van der Waals surface area contributed by atoms with Crippen molar-refractivity contribution >= 4 is 0 Å². The maximum atomic E-state index is 9.59. The Morgan fingerprint density at radius 2 is 2.13 bits per heavy atom. The molecule has 0 bridgehead atoms. The summed E-state index contributed by atoms with van der Waals surface area (Å²) < 4.78 is 4.97. The van der Waals surface area contributed by atoms with E-state index >= 15 is 0 Å². The van der Waals surface area contributed by atoms with Crippen molar-refractivity contribution in [2.24, 2.45) is 5.41 Å². The molecule has 3 nitrogen and oxygen atoms in total. The van der Waals surface area contributed by atoms with Gasteiger partial charge in [-0.25, -0.2) is 0 Å². The third-order valence-corrected chi connectivity index (χ3v) is 3.11. The topological polar surface area (TPSA) is 49.7 Å². The summed E-state index contributed by atoms with van der Waals surface area (Å²) in [4.78, 5) is 0. The molecule has 2 N–H and O–H groups in total. The number of benzene rings is 1. The number of phenols is 1. The highest BCUT2D eigenvalue weighted by atomic mass is 16.5. The van der Waals surface area contributed by atoms with Crippen molar-refractivity contribution in [1.29, 1.82) is 0 Å². The van der Waals surface area contributed by atoms with E-state index in [1.165, 1.54) is 7.11 Å². The highest BCUT2D eigenvalue weighted by molar-refractivity contribution is 5.42. The number of aliphatic hydroxyl groups is 1. The number of methoxy groups -OCH3 is 1.